The van der Waals surface area contributed by atoms with Gasteiger partial charge in [-0.25, -0.2) is 4.98 Å². The second-order valence-electron chi connectivity index (χ2n) is 4.99. The molecule has 1 amide bonds. The van der Waals surface area contributed by atoms with E-state index >= 15 is 0 Å². The molecule has 0 atom stereocenters. The van der Waals surface area contributed by atoms with Gasteiger partial charge < -0.3 is 10.2 Å². The van der Waals surface area contributed by atoms with Crippen LogP contribution in [-0.2, 0) is 0 Å². The quantitative estimate of drug-likeness (QED) is 0.901. The number of aromatic nitrogens is 1. The molecule has 4 nitrogen and oxygen atoms in total. The number of nitrogens with zero attached hydrogens (tertiary/aromatic N) is 2. The van der Waals surface area contributed by atoms with Crippen LogP contribution in [0.15, 0.2) is 36.5 Å². The van der Waals surface area contributed by atoms with Crippen molar-refractivity contribution >= 4 is 28.9 Å². The van der Waals surface area contributed by atoms with E-state index in [4.69, 9.17) is 11.6 Å². The lowest BCUT2D eigenvalue weighted by molar-refractivity contribution is 0.102. The van der Waals surface area contributed by atoms with E-state index in [-0.39, 0.29) is 5.91 Å². The molecule has 0 fully saturated rings. The fourth-order valence-corrected chi connectivity index (χ4v) is 2.48. The lowest BCUT2D eigenvalue weighted by Crippen LogP contribution is -2.22. The minimum absolute atomic E-state index is 0.225. The van der Waals surface area contributed by atoms with Crippen LogP contribution in [0.2, 0.25) is 5.02 Å². The highest BCUT2D eigenvalue weighted by molar-refractivity contribution is 6.30. The number of hydrogen-bond acceptors (Lipinski definition) is 3. The molecule has 0 saturated heterocycles. The molecule has 22 heavy (non-hydrogen) atoms. The van der Waals surface area contributed by atoms with E-state index in [1.807, 2.05) is 19.1 Å². The second kappa shape index (κ2) is 7.27. The van der Waals surface area contributed by atoms with Gasteiger partial charge in [0.1, 0.15) is 5.69 Å². The third-order valence-electron chi connectivity index (χ3n) is 3.55. The summed E-state index contributed by atoms with van der Waals surface area (Å²) in [4.78, 5) is 18.7. The van der Waals surface area contributed by atoms with Gasteiger partial charge in [0, 0.05) is 23.8 Å². The SMILES string of the molecule is CCN(CC)c1ccc(C(=O)Nc2ccc(Cl)cc2C)nc1. The van der Waals surface area contributed by atoms with Crippen LogP contribution in [0.1, 0.15) is 29.9 Å². The molecule has 0 aliphatic rings. The molecule has 0 aliphatic heterocycles. The van der Waals surface area contributed by atoms with Gasteiger partial charge in [0.15, 0.2) is 0 Å². The number of nitrogens with one attached hydrogen (secondary N) is 1. The molecule has 0 spiro atoms. The first-order valence-electron chi connectivity index (χ1n) is 7.33. The number of hydrogen-bond donors (Lipinski definition) is 1. The van der Waals surface area contributed by atoms with Crippen LogP contribution in [0.25, 0.3) is 0 Å². The Labute approximate surface area is 136 Å². The third kappa shape index (κ3) is 3.77. The second-order valence-corrected chi connectivity index (χ2v) is 5.42. The summed E-state index contributed by atoms with van der Waals surface area (Å²) in [6, 6.07) is 9.02. The maximum Gasteiger partial charge on any atom is 0.274 e. The van der Waals surface area contributed by atoms with E-state index in [2.05, 4.69) is 29.0 Å². The van der Waals surface area contributed by atoms with Crippen LogP contribution in [0, 0.1) is 6.92 Å². The van der Waals surface area contributed by atoms with E-state index in [0.29, 0.717) is 10.7 Å². The van der Waals surface area contributed by atoms with E-state index in [0.717, 1.165) is 30.0 Å². The Morgan fingerprint density at radius 1 is 1.23 bits per heavy atom. The zero-order valence-corrected chi connectivity index (χ0v) is 13.8. The number of pyridine rings is 1. The summed E-state index contributed by atoms with van der Waals surface area (Å²) in [6.45, 7) is 7.90. The van der Waals surface area contributed by atoms with Gasteiger partial charge in [0.25, 0.3) is 5.91 Å². The lowest BCUT2D eigenvalue weighted by atomic mass is 10.2. The minimum atomic E-state index is -0.225. The number of benzene rings is 1. The van der Waals surface area contributed by atoms with Crippen molar-refractivity contribution in [1.82, 2.24) is 4.98 Å². The van der Waals surface area contributed by atoms with Gasteiger partial charge in [-0.2, -0.15) is 0 Å². The average molecular weight is 318 g/mol. The van der Waals surface area contributed by atoms with Gasteiger partial charge in [-0.15, -0.1) is 0 Å². The first-order chi connectivity index (χ1) is 10.5. The predicted molar refractivity (Wildman–Crippen MR) is 91.9 cm³/mol. The molecule has 116 valence electrons. The number of carbonyl (C=O) groups is 1. The Bertz CT molecular complexity index is 651. The molecule has 1 N–H and O–H groups in total. The summed E-state index contributed by atoms with van der Waals surface area (Å²) < 4.78 is 0. The Balaban J connectivity index is 2.13. The van der Waals surface area contributed by atoms with Gasteiger partial charge in [0.2, 0.25) is 0 Å². The van der Waals surface area contributed by atoms with Gasteiger partial charge in [-0.3, -0.25) is 4.79 Å². The zero-order chi connectivity index (χ0) is 16.1. The first-order valence-corrected chi connectivity index (χ1v) is 7.71. The summed E-state index contributed by atoms with van der Waals surface area (Å²) in [5.74, 6) is -0.225. The topological polar surface area (TPSA) is 45.2 Å². The maximum atomic E-state index is 12.3. The number of anilines is 2. The van der Waals surface area contributed by atoms with Crippen molar-refractivity contribution in [3.8, 4) is 0 Å². The van der Waals surface area contributed by atoms with E-state index in [1.54, 1.807) is 24.4 Å². The normalized spacial score (nSPS) is 10.4. The molecule has 1 aromatic heterocycles. The van der Waals surface area contributed by atoms with Crippen molar-refractivity contribution in [3.63, 3.8) is 0 Å². The Kier molecular flexibility index (Phi) is 5.39. The summed E-state index contributed by atoms with van der Waals surface area (Å²) in [5, 5.41) is 3.51. The molecular formula is C17H20ClN3O. The highest BCUT2D eigenvalue weighted by Crippen LogP contribution is 2.20. The summed E-state index contributed by atoms with van der Waals surface area (Å²) in [7, 11) is 0. The van der Waals surface area contributed by atoms with Crippen LogP contribution < -0.4 is 10.2 Å². The lowest BCUT2D eigenvalue weighted by Gasteiger charge is -2.20. The van der Waals surface area contributed by atoms with Crippen molar-refractivity contribution in [1.29, 1.82) is 0 Å². The number of amides is 1. The molecule has 2 aromatic rings. The Hall–Kier alpha value is -2.07. The molecule has 0 radical (unpaired) electrons. The van der Waals surface area contributed by atoms with E-state index in [9.17, 15) is 4.79 Å². The summed E-state index contributed by atoms with van der Waals surface area (Å²) >= 11 is 5.92. The van der Waals surface area contributed by atoms with Gasteiger partial charge >= 0.3 is 0 Å². The molecular weight excluding hydrogens is 298 g/mol. The first kappa shape index (κ1) is 16.3. The third-order valence-corrected chi connectivity index (χ3v) is 3.78. The van der Waals surface area contributed by atoms with E-state index < -0.39 is 0 Å². The number of carbonyl (C=O) groups excluding carboxylic acids is 1. The smallest absolute Gasteiger partial charge is 0.274 e. The van der Waals surface area contributed by atoms with Crippen molar-refractivity contribution in [2.24, 2.45) is 0 Å². The van der Waals surface area contributed by atoms with Crippen molar-refractivity contribution in [3.05, 3.63) is 52.8 Å². The highest BCUT2D eigenvalue weighted by atomic mass is 35.5. The van der Waals surface area contributed by atoms with Crippen LogP contribution >= 0.6 is 11.6 Å². The molecule has 0 aliphatic carbocycles. The Morgan fingerprint density at radius 2 is 1.95 bits per heavy atom. The fourth-order valence-electron chi connectivity index (χ4n) is 2.25. The van der Waals surface area contributed by atoms with Gasteiger partial charge in [-0.1, -0.05) is 11.6 Å². The van der Waals surface area contributed by atoms with Crippen LogP contribution in [0.3, 0.4) is 0 Å². The molecule has 1 aromatic carbocycles. The van der Waals surface area contributed by atoms with Crippen molar-refractivity contribution in [2.75, 3.05) is 23.3 Å². The molecule has 1 heterocycles. The van der Waals surface area contributed by atoms with Crippen LogP contribution in [0.5, 0.6) is 0 Å². The molecule has 5 heteroatoms. The highest BCUT2D eigenvalue weighted by Gasteiger charge is 2.10. The monoisotopic (exact) mass is 317 g/mol. The number of rotatable bonds is 5. The predicted octanol–water partition coefficient (Wildman–Crippen LogP) is 4.14. The molecule has 0 unspecified atom stereocenters. The van der Waals surface area contributed by atoms with Crippen molar-refractivity contribution in [2.45, 2.75) is 20.8 Å². The Morgan fingerprint density at radius 3 is 2.50 bits per heavy atom. The minimum Gasteiger partial charge on any atom is -0.371 e. The fraction of sp³-hybridized carbons (Fsp3) is 0.294. The maximum absolute atomic E-state index is 12.3. The summed E-state index contributed by atoms with van der Waals surface area (Å²) in [5.41, 5.74) is 3.07. The van der Waals surface area contributed by atoms with Crippen LogP contribution in [-0.4, -0.2) is 24.0 Å². The standard InChI is InChI=1S/C17H20ClN3O/c1-4-21(5-2)14-7-9-16(19-11-14)17(22)20-15-8-6-13(18)10-12(15)3/h6-11H,4-5H2,1-3H3,(H,20,22). The van der Waals surface area contributed by atoms with Gasteiger partial charge in [0.05, 0.1) is 11.9 Å². The largest absolute Gasteiger partial charge is 0.371 e. The van der Waals surface area contributed by atoms with Crippen molar-refractivity contribution < 1.29 is 4.79 Å². The summed E-state index contributed by atoms with van der Waals surface area (Å²) in [6.07, 6.45) is 1.73. The van der Waals surface area contributed by atoms with E-state index in [1.165, 1.54) is 0 Å². The molecule has 2 rings (SSSR count). The van der Waals surface area contributed by atoms with Gasteiger partial charge in [-0.05, 0) is 56.7 Å². The number of aryl methyl sites for hydroxylation is 1. The zero-order valence-electron chi connectivity index (χ0n) is 13.1. The van der Waals surface area contributed by atoms with Crippen LogP contribution in [0.4, 0.5) is 11.4 Å². The molecule has 0 bridgehead atoms. The number of halogens is 1. The molecule has 0 saturated carbocycles. The average Bonchev–Trinajstić information content (AvgIpc) is 2.52.